The molecule has 1 aliphatic rings. The summed E-state index contributed by atoms with van der Waals surface area (Å²) >= 11 is 1.39. The highest BCUT2D eigenvalue weighted by Gasteiger charge is 2.40. The number of fused-ring (bicyclic) bond motifs is 1. The van der Waals surface area contributed by atoms with Gasteiger partial charge in [0.1, 0.15) is 5.92 Å². The van der Waals surface area contributed by atoms with Crippen molar-refractivity contribution in [3.05, 3.63) is 52.0 Å². The molecule has 0 spiro atoms. The van der Waals surface area contributed by atoms with Crippen molar-refractivity contribution in [2.45, 2.75) is 5.92 Å². The van der Waals surface area contributed by atoms with Crippen LogP contribution >= 0.6 is 11.3 Å². The first-order chi connectivity index (χ1) is 7.79. The predicted octanol–water partition coefficient (Wildman–Crippen LogP) is 2.31. The van der Waals surface area contributed by atoms with E-state index < -0.39 is 5.92 Å². The number of carbonyl (C=O) groups is 2. The first-order valence-corrected chi connectivity index (χ1v) is 5.79. The van der Waals surface area contributed by atoms with Crippen molar-refractivity contribution in [3.63, 3.8) is 0 Å². The molecule has 78 valence electrons. The topological polar surface area (TPSA) is 47.0 Å². The molecule has 0 bridgehead atoms. The van der Waals surface area contributed by atoms with E-state index in [1.165, 1.54) is 11.3 Å². The van der Waals surface area contributed by atoms with Crippen LogP contribution in [0.2, 0.25) is 0 Å². The molecule has 0 radical (unpaired) electrons. The number of Topliss-reactive ketones (excluding diaryl/α,β-unsaturated/α-hetero) is 2. The molecule has 4 heteroatoms. The van der Waals surface area contributed by atoms with Gasteiger partial charge in [-0.3, -0.25) is 9.59 Å². The Hall–Kier alpha value is -1.81. The summed E-state index contributed by atoms with van der Waals surface area (Å²) < 4.78 is 0. The quantitative estimate of drug-likeness (QED) is 0.705. The maximum absolute atomic E-state index is 12.0. The monoisotopic (exact) mass is 229 g/mol. The lowest BCUT2D eigenvalue weighted by atomic mass is 10.0. The summed E-state index contributed by atoms with van der Waals surface area (Å²) in [7, 11) is 0. The Balaban J connectivity index is 2.15. The lowest BCUT2D eigenvalue weighted by Gasteiger charge is -2.01. The van der Waals surface area contributed by atoms with Crippen molar-refractivity contribution in [2.75, 3.05) is 0 Å². The van der Waals surface area contributed by atoms with Crippen molar-refractivity contribution in [3.8, 4) is 0 Å². The standard InChI is InChI=1S/C12H7NO2S/c14-11-7-3-1-2-4-8(7)12(15)10(11)9-5-16-6-13-9/h1-6,10H. The minimum Gasteiger partial charge on any atom is -0.293 e. The van der Waals surface area contributed by atoms with Gasteiger partial charge in [-0.05, 0) is 0 Å². The zero-order chi connectivity index (χ0) is 11.1. The summed E-state index contributed by atoms with van der Waals surface area (Å²) in [6.07, 6.45) is 0. The molecule has 3 rings (SSSR count). The second-order valence-electron chi connectivity index (χ2n) is 3.62. The lowest BCUT2D eigenvalue weighted by Crippen LogP contribution is -2.12. The average molecular weight is 229 g/mol. The van der Waals surface area contributed by atoms with Crippen LogP contribution in [0.4, 0.5) is 0 Å². The number of carbonyl (C=O) groups excluding carboxylic acids is 2. The third-order valence-electron chi connectivity index (χ3n) is 2.73. The fourth-order valence-corrected chi connectivity index (χ4v) is 2.56. The van der Waals surface area contributed by atoms with E-state index in [1.807, 2.05) is 0 Å². The van der Waals surface area contributed by atoms with Gasteiger partial charge in [-0.25, -0.2) is 4.98 Å². The first kappa shape index (κ1) is 9.42. The maximum atomic E-state index is 12.0. The summed E-state index contributed by atoms with van der Waals surface area (Å²) in [5.74, 6) is -0.985. The fourth-order valence-electron chi connectivity index (χ4n) is 1.98. The Morgan fingerprint density at radius 3 is 2.19 bits per heavy atom. The molecular formula is C12H7NO2S. The van der Waals surface area contributed by atoms with Gasteiger partial charge in [0.05, 0.1) is 11.2 Å². The maximum Gasteiger partial charge on any atom is 0.180 e. The van der Waals surface area contributed by atoms with Gasteiger partial charge in [0.2, 0.25) is 0 Å². The van der Waals surface area contributed by atoms with Crippen molar-refractivity contribution in [1.82, 2.24) is 4.98 Å². The normalized spacial score (nSPS) is 15.5. The Morgan fingerprint density at radius 2 is 1.69 bits per heavy atom. The minimum atomic E-state index is -0.719. The van der Waals surface area contributed by atoms with Crippen LogP contribution in [-0.4, -0.2) is 16.6 Å². The molecule has 0 saturated carbocycles. The van der Waals surface area contributed by atoms with E-state index in [2.05, 4.69) is 4.98 Å². The molecule has 0 amide bonds. The minimum absolute atomic E-state index is 0.133. The van der Waals surface area contributed by atoms with Crippen LogP contribution in [0.15, 0.2) is 35.2 Å². The number of thiazole rings is 1. The largest absolute Gasteiger partial charge is 0.293 e. The van der Waals surface area contributed by atoms with E-state index in [9.17, 15) is 9.59 Å². The van der Waals surface area contributed by atoms with Gasteiger partial charge in [-0.1, -0.05) is 24.3 Å². The van der Waals surface area contributed by atoms with Crippen LogP contribution < -0.4 is 0 Å². The second-order valence-corrected chi connectivity index (χ2v) is 4.34. The second kappa shape index (κ2) is 3.35. The fraction of sp³-hybridized carbons (Fsp3) is 0.0833. The number of hydrogen-bond donors (Lipinski definition) is 0. The summed E-state index contributed by atoms with van der Waals surface area (Å²) in [6.45, 7) is 0. The molecule has 3 nitrogen and oxygen atoms in total. The third-order valence-corrected chi connectivity index (χ3v) is 3.33. The number of rotatable bonds is 1. The molecule has 1 heterocycles. The lowest BCUT2D eigenvalue weighted by molar-refractivity contribution is 0.0888. The Labute approximate surface area is 95.8 Å². The van der Waals surface area contributed by atoms with Gasteiger partial charge in [0.15, 0.2) is 11.6 Å². The zero-order valence-corrected chi connectivity index (χ0v) is 9.03. The highest BCUT2D eigenvalue weighted by Crippen LogP contribution is 2.33. The third kappa shape index (κ3) is 1.17. The van der Waals surface area contributed by atoms with Gasteiger partial charge in [0, 0.05) is 16.5 Å². The van der Waals surface area contributed by atoms with E-state index >= 15 is 0 Å². The van der Waals surface area contributed by atoms with Crippen molar-refractivity contribution in [2.24, 2.45) is 0 Å². The summed E-state index contributed by atoms with van der Waals surface area (Å²) in [5, 5.41) is 1.76. The van der Waals surface area contributed by atoms with Gasteiger partial charge < -0.3 is 0 Å². The summed E-state index contributed by atoms with van der Waals surface area (Å²) in [4.78, 5) is 28.2. The van der Waals surface area contributed by atoms with E-state index in [0.717, 1.165) is 0 Å². The van der Waals surface area contributed by atoms with E-state index in [0.29, 0.717) is 16.8 Å². The van der Waals surface area contributed by atoms with Crippen LogP contribution in [0.1, 0.15) is 32.3 Å². The van der Waals surface area contributed by atoms with Gasteiger partial charge >= 0.3 is 0 Å². The van der Waals surface area contributed by atoms with Crippen molar-refractivity contribution < 1.29 is 9.59 Å². The van der Waals surface area contributed by atoms with Crippen LogP contribution in [0, 0.1) is 0 Å². The van der Waals surface area contributed by atoms with Crippen LogP contribution in [-0.2, 0) is 0 Å². The summed E-state index contributed by atoms with van der Waals surface area (Å²) in [6, 6.07) is 6.94. The van der Waals surface area contributed by atoms with E-state index in [1.54, 1.807) is 35.2 Å². The summed E-state index contributed by atoms with van der Waals surface area (Å²) in [5.41, 5.74) is 3.24. The highest BCUT2D eigenvalue weighted by molar-refractivity contribution is 7.07. The van der Waals surface area contributed by atoms with Gasteiger partial charge in [-0.15, -0.1) is 11.3 Å². The van der Waals surface area contributed by atoms with Crippen LogP contribution in [0.3, 0.4) is 0 Å². The number of aromatic nitrogens is 1. The molecule has 0 aliphatic heterocycles. The number of nitrogens with zero attached hydrogens (tertiary/aromatic N) is 1. The number of benzene rings is 1. The average Bonchev–Trinajstić information content (AvgIpc) is 2.89. The molecule has 1 aromatic heterocycles. The molecule has 0 saturated heterocycles. The predicted molar refractivity (Wildman–Crippen MR) is 60.0 cm³/mol. The number of hydrogen-bond acceptors (Lipinski definition) is 4. The molecule has 0 unspecified atom stereocenters. The molecule has 0 fully saturated rings. The Morgan fingerprint density at radius 1 is 1.06 bits per heavy atom. The van der Waals surface area contributed by atoms with Crippen LogP contribution in [0.5, 0.6) is 0 Å². The van der Waals surface area contributed by atoms with Crippen LogP contribution in [0.25, 0.3) is 0 Å². The van der Waals surface area contributed by atoms with Gasteiger partial charge in [0.25, 0.3) is 0 Å². The Bertz CT molecular complexity index is 539. The highest BCUT2D eigenvalue weighted by atomic mass is 32.1. The van der Waals surface area contributed by atoms with Crippen molar-refractivity contribution >= 4 is 22.9 Å². The molecule has 2 aromatic rings. The SMILES string of the molecule is O=C1c2ccccc2C(=O)C1c1cscn1. The molecule has 1 aromatic carbocycles. The Kier molecular flexibility index (Phi) is 1.97. The van der Waals surface area contributed by atoms with E-state index in [4.69, 9.17) is 0 Å². The van der Waals surface area contributed by atoms with E-state index in [-0.39, 0.29) is 11.6 Å². The zero-order valence-electron chi connectivity index (χ0n) is 8.21. The van der Waals surface area contributed by atoms with Gasteiger partial charge in [-0.2, -0.15) is 0 Å². The molecule has 1 aliphatic carbocycles. The molecule has 16 heavy (non-hydrogen) atoms. The number of ketones is 2. The molecular weight excluding hydrogens is 222 g/mol. The first-order valence-electron chi connectivity index (χ1n) is 4.84. The molecule has 0 atom stereocenters. The van der Waals surface area contributed by atoms with Crippen molar-refractivity contribution in [1.29, 1.82) is 0 Å². The molecule has 0 N–H and O–H groups in total. The smallest absolute Gasteiger partial charge is 0.180 e.